The van der Waals surface area contributed by atoms with Crippen LogP contribution in [-0.4, -0.2) is 19.7 Å². The Morgan fingerprint density at radius 1 is 0.923 bits per heavy atom. The van der Waals surface area contributed by atoms with Crippen molar-refractivity contribution in [3.8, 4) is 5.75 Å². The van der Waals surface area contributed by atoms with E-state index in [9.17, 15) is 0 Å². The molecule has 0 aromatic heterocycles. The molecule has 0 unspecified atom stereocenters. The van der Waals surface area contributed by atoms with Gasteiger partial charge < -0.3 is 10.1 Å². The van der Waals surface area contributed by atoms with E-state index in [1.807, 2.05) is 48.5 Å². The number of nitrogens with zero attached hydrogens (tertiary/aromatic N) is 2. The SMILES string of the molecule is c1ccc(N=Nc2c(OC[C@@H]3CCCNC3)ccc3ccccc23)cc1. The minimum atomic E-state index is 0.550. The molecule has 1 heterocycles. The zero-order valence-electron chi connectivity index (χ0n) is 14.8. The van der Waals surface area contributed by atoms with Crippen molar-refractivity contribution in [3.63, 3.8) is 0 Å². The lowest BCUT2D eigenvalue weighted by molar-refractivity contribution is 0.219. The molecule has 1 atom stereocenters. The van der Waals surface area contributed by atoms with Gasteiger partial charge in [-0.05, 0) is 43.0 Å². The van der Waals surface area contributed by atoms with Crippen LogP contribution in [0.25, 0.3) is 10.8 Å². The Hall–Kier alpha value is -2.72. The molecule has 1 aliphatic rings. The molecule has 4 rings (SSSR count). The highest BCUT2D eigenvalue weighted by Gasteiger charge is 2.15. The summed E-state index contributed by atoms with van der Waals surface area (Å²) in [5.41, 5.74) is 1.64. The van der Waals surface area contributed by atoms with Gasteiger partial charge in [-0.3, -0.25) is 0 Å². The van der Waals surface area contributed by atoms with E-state index >= 15 is 0 Å². The predicted octanol–water partition coefficient (Wildman–Crippen LogP) is 5.63. The third-order valence-corrected chi connectivity index (χ3v) is 4.76. The van der Waals surface area contributed by atoms with Crippen molar-refractivity contribution in [1.29, 1.82) is 0 Å². The van der Waals surface area contributed by atoms with Crippen molar-refractivity contribution in [3.05, 3.63) is 66.7 Å². The number of hydrogen-bond acceptors (Lipinski definition) is 4. The van der Waals surface area contributed by atoms with Gasteiger partial charge >= 0.3 is 0 Å². The fraction of sp³-hybridized carbons (Fsp3) is 0.273. The van der Waals surface area contributed by atoms with E-state index in [2.05, 4.69) is 33.7 Å². The Kier molecular flexibility index (Phi) is 5.22. The van der Waals surface area contributed by atoms with Crippen LogP contribution in [-0.2, 0) is 0 Å². The van der Waals surface area contributed by atoms with E-state index in [1.165, 1.54) is 12.8 Å². The average molecular weight is 345 g/mol. The van der Waals surface area contributed by atoms with Gasteiger partial charge in [0.05, 0.1) is 12.3 Å². The van der Waals surface area contributed by atoms with E-state index in [4.69, 9.17) is 4.74 Å². The summed E-state index contributed by atoms with van der Waals surface area (Å²) in [6, 6.07) is 22.1. The van der Waals surface area contributed by atoms with Gasteiger partial charge in [-0.1, -0.05) is 48.5 Å². The highest BCUT2D eigenvalue weighted by atomic mass is 16.5. The molecule has 0 bridgehead atoms. The average Bonchev–Trinajstić information content (AvgIpc) is 2.72. The van der Waals surface area contributed by atoms with Crippen LogP contribution in [0.5, 0.6) is 5.75 Å². The minimum absolute atomic E-state index is 0.550. The van der Waals surface area contributed by atoms with Crippen molar-refractivity contribution in [2.24, 2.45) is 16.1 Å². The number of nitrogens with one attached hydrogen (secondary N) is 1. The normalized spacial score (nSPS) is 17.6. The fourth-order valence-corrected chi connectivity index (χ4v) is 3.33. The second-order valence-corrected chi connectivity index (χ2v) is 6.69. The Labute approximate surface area is 153 Å². The van der Waals surface area contributed by atoms with Gasteiger partial charge in [0.2, 0.25) is 0 Å². The smallest absolute Gasteiger partial charge is 0.147 e. The predicted molar refractivity (Wildman–Crippen MR) is 106 cm³/mol. The first-order chi connectivity index (χ1) is 12.9. The number of piperidine rings is 1. The second-order valence-electron chi connectivity index (χ2n) is 6.69. The molecule has 4 nitrogen and oxygen atoms in total. The number of azo groups is 1. The summed E-state index contributed by atoms with van der Waals surface area (Å²) in [5, 5.41) is 14.6. The topological polar surface area (TPSA) is 46.0 Å². The molecule has 4 heteroatoms. The fourth-order valence-electron chi connectivity index (χ4n) is 3.33. The van der Waals surface area contributed by atoms with E-state index in [0.717, 1.165) is 41.0 Å². The Bertz CT molecular complexity index is 886. The van der Waals surface area contributed by atoms with Gasteiger partial charge in [-0.15, -0.1) is 5.11 Å². The van der Waals surface area contributed by atoms with Gasteiger partial charge in [0.1, 0.15) is 11.4 Å². The number of benzene rings is 3. The first-order valence-electron chi connectivity index (χ1n) is 9.22. The van der Waals surface area contributed by atoms with Crippen LogP contribution in [0.1, 0.15) is 12.8 Å². The minimum Gasteiger partial charge on any atom is -0.491 e. The van der Waals surface area contributed by atoms with E-state index in [1.54, 1.807) is 0 Å². The molecule has 0 saturated carbocycles. The van der Waals surface area contributed by atoms with Gasteiger partial charge in [0.15, 0.2) is 0 Å². The van der Waals surface area contributed by atoms with E-state index in [0.29, 0.717) is 12.5 Å². The van der Waals surface area contributed by atoms with Gasteiger partial charge in [-0.2, -0.15) is 5.11 Å². The summed E-state index contributed by atoms with van der Waals surface area (Å²) >= 11 is 0. The summed E-state index contributed by atoms with van der Waals surface area (Å²) in [6.45, 7) is 2.84. The molecule has 0 spiro atoms. The van der Waals surface area contributed by atoms with Crippen molar-refractivity contribution < 1.29 is 4.74 Å². The molecular formula is C22H23N3O. The zero-order valence-corrected chi connectivity index (χ0v) is 14.8. The van der Waals surface area contributed by atoms with Crippen LogP contribution in [0.3, 0.4) is 0 Å². The molecule has 1 saturated heterocycles. The van der Waals surface area contributed by atoms with Gasteiger partial charge in [0, 0.05) is 17.8 Å². The van der Waals surface area contributed by atoms with Crippen LogP contribution >= 0.6 is 0 Å². The molecule has 0 amide bonds. The molecular weight excluding hydrogens is 322 g/mol. The highest BCUT2D eigenvalue weighted by molar-refractivity contribution is 5.95. The summed E-state index contributed by atoms with van der Waals surface area (Å²) in [7, 11) is 0. The molecule has 0 aliphatic carbocycles. The third-order valence-electron chi connectivity index (χ3n) is 4.76. The summed E-state index contributed by atoms with van der Waals surface area (Å²) in [4.78, 5) is 0. The number of hydrogen-bond donors (Lipinski definition) is 1. The van der Waals surface area contributed by atoms with Crippen molar-refractivity contribution >= 4 is 22.1 Å². The maximum Gasteiger partial charge on any atom is 0.147 e. The number of rotatable bonds is 5. The monoisotopic (exact) mass is 345 g/mol. The van der Waals surface area contributed by atoms with Gasteiger partial charge in [-0.25, -0.2) is 0 Å². The quantitative estimate of drug-likeness (QED) is 0.609. The molecule has 0 radical (unpaired) electrons. The Balaban J connectivity index is 1.64. The molecule has 3 aromatic rings. The lowest BCUT2D eigenvalue weighted by Crippen LogP contribution is -2.33. The highest BCUT2D eigenvalue weighted by Crippen LogP contribution is 2.37. The summed E-state index contributed by atoms with van der Waals surface area (Å²) in [6.07, 6.45) is 2.42. The van der Waals surface area contributed by atoms with Gasteiger partial charge in [0.25, 0.3) is 0 Å². The number of fused-ring (bicyclic) bond motifs is 1. The standard InChI is InChI=1S/C22H23N3O/c1-2-9-19(10-3-1)24-25-22-20-11-5-4-8-18(20)12-13-21(22)26-16-17-7-6-14-23-15-17/h1-5,8-13,17,23H,6-7,14-16H2/t17-/m1/s1. The molecule has 1 fully saturated rings. The van der Waals surface area contributed by atoms with Crippen LogP contribution in [0.15, 0.2) is 77.0 Å². The van der Waals surface area contributed by atoms with Crippen LogP contribution in [0.2, 0.25) is 0 Å². The summed E-state index contributed by atoms with van der Waals surface area (Å²) < 4.78 is 6.18. The maximum atomic E-state index is 6.18. The third kappa shape index (κ3) is 3.92. The van der Waals surface area contributed by atoms with Crippen molar-refractivity contribution in [2.45, 2.75) is 12.8 Å². The van der Waals surface area contributed by atoms with Crippen molar-refractivity contribution in [2.75, 3.05) is 19.7 Å². The molecule has 1 N–H and O–H groups in total. The van der Waals surface area contributed by atoms with E-state index in [-0.39, 0.29) is 0 Å². The lowest BCUT2D eigenvalue weighted by atomic mass is 10.0. The first-order valence-corrected chi connectivity index (χ1v) is 9.22. The number of ether oxygens (including phenoxy) is 1. The van der Waals surface area contributed by atoms with Crippen LogP contribution in [0, 0.1) is 5.92 Å². The maximum absolute atomic E-state index is 6.18. The lowest BCUT2D eigenvalue weighted by Gasteiger charge is -2.23. The Morgan fingerprint density at radius 3 is 2.62 bits per heavy atom. The van der Waals surface area contributed by atoms with E-state index < -0.39 is 0 Å². The summed E-state index contributed by atoms with van der Waals surface area (Å²) in [5.74, 6) is 1.35. The molecule has 3 aromatic carbocycles. The zero-order chi connectivity index (χ0) is 17.6. The molecule has 26 heavy (non-hydrogen) atoms. The Morgan fingerprint density at radius 2 is 1.77 bits per heavy atom. The van der Waals surface area contributed by atoms with Crippen molar-refractivity contribution in [1.82, 2.24) is 5.32 Å². The molecule has 132 valence electrons. The molecule has 1 aliphatic heterocycles. The largest absolute Gasteiger partial charge is 0.491 e. The van der Waals surface area contributed by atoms with Crippen LogP contribution in [0.4, 0.5) is 11.4 Å². The van der Waals surface area contributed by atoms with Crippen LogP contribution < -0.4 is 10.1 Å². The second kappa shape index (κ2) is 8.11. The first kappa shape index (κ1) is 16.7.